The smallest absolute Gasteiger partial charge is 0.274 e. The van der Waals surface area contributed by atoms with E-state index in [-0.39, 0.29) is 11.9 Å². The third kappa shape index (κ3) is 3.22. The molecule has 1 unspecified atom stereocenters. The Morgan fingerprint density at radius 3 is 2.76 bits per heavy atom. The summed E-state index contributed by atoms with van der Waals surface area (Å²) >= 11 is 0. The van der Waals surface area contributed by atoms with Gasteiger partial charge in [0, 0.05) is 12.6 Å². The highest BCUT2D eigenvalue weighted by atomic mass is 16.2. The Hall–Kier alpha value is -1.52. The lowest BCUT2D eigenvalue weighted by Crippen LogP contribution is -2.39. The molecule has 1 atom stereocenters. The molecule has 0 saturated carbocycles. The van der Waals surface area contributed by atoms with Crippen LogP contribution in [-0.4, -0.2) is 33.6 Å². The summed E-state index contributed by atoms with van der Waals surface area (Å²) in [5.41, 5.74) is 6.53. The predicted molar refractivity (Wildman–Crippen MR) is 68.7 cm³/mol. The molecule has 1 aromatic rings. The number of aromatic amines is 1. The highest BCUT2D eigenvalue weighted by molar-refractivity contribution is 5.97. The molecule has 0 radical (unpaired) electrons. The Bertz CT molecular complexity index is 361. The second-order valence-corrected chi connectivity index (χ2v) is 4.31. The van der Waals surface area contributed by atoms with Gasteiger partial charge in [0.05, 0.1) is 11.9 Å². The zero-order valence-electron chi connectivity index (χ0n) is 10.9. The maximum absolute atomic E-state index is 12.3. The third-order valence-electron chi connectivity index (χ3n) is 3.02. The van der Waals surface area contributed by atoms with Gasteiger partial charge in [-0.2, -0.15) is 5.10 Å². The summed E-state index contributed by atoms with van der Waals surface area (Å²) in [6.45, 7) is 7.01. The summed E-state index contributed by atoms with van der Waals surface area (Å²) in [4.78, 5) is 14.2. The topological polar surface area (TPSA) is 75.0 Å². The van der Waals surface area contributed by atoms with Crippen molar-refractivity contribution >= 4 is 11.6 Å². The molecule has 0 aliphatic rings. The first-order valence-corrected chi connectivity index (χ1v) is 6.21. The number of carbonyl (C=O) groups excluding carboxylic acids is 1. The van der Waals surface area contributed by atoms with Crippen LogP contribution in [-0.2, 0) is 0 Å². The Kier molecular flexibility index (Phi) is 5.00. The van der Waals surface area contributed by atoms with E-state index < -0.39 is 0 Å². The lowest BCUT2D eigenvalue weighted by Gasteiger charge is -2.28. The average molecular weight is 238 g/mol. The van der Waals surface area contributed by atoms with Gasteiger partial charge in [-0.3, -0.25) is 9.89 Å². The van der Waals surface area contributed by atoms with Crippen molar-refractivity contribution in [3.05, 3.63) is 11.9 Å². The van der Waals surface area contributed by atoms with Crippen molar-refractivity contribution in [2.24, 2.45) is 0 Å². The molecule has 17 heavy (non-hydrogen) atoms. The van der Waals surface area contributed by atoms with Crippen molar-refractivity contribution in [2.45, 2.75) is 46.1 Å². The van der Waals surface area contributed by atoms with Gasteiger partial charge in [-0.15, -0.1) is 0 Å². The number of amides is 1. The number of hydrogen-bond acceptors (Lipinski definition) is 3. The van der Waals surface area contributed by atoms with Crippen LogP contribution in [0.2, 0.25) is 0 Å². The van der Waals surface area contributed by atoms with Crippen molar-refractivity contribution in [3.63, 3.8) is 0 Å². The van der Waals surface area contributed by atoms with Crippen LogP contribution in [0.4, 0.5) is 5.69 Å². The van der Waals surface area contributed by atoms with Crippen LogP contribution in [0, 0.1) is 0 Å². The number of rotatable bonds is 6. The predicted octanol–water partition coefficient (Wildman–Crippen LogP) is 2.03. The van der Waals surface area contributed by atoms with E-state index in [1.165, 1.54) is 6.20 Å². The van der Waals surface area contributed by atoms with Crippen molar-refractivity contribution < 1.29 is 4.79 Å². The van der Waals surface area contributed by atoms with Crippen LogP contribution >= 0.6 is 0 Å². The molecule has 3 N–H and O–H groups in total. The normalized spacial score (nSPS) is 12.4. The van der Waals surface area contributed by atoms with Gasteiger partial charge in [-0.05, 0) is 19.8 Å². The maximum Gasteiger partial charge on any atom is 0.274 e. The zero-order valence-corrected chi connectivity index (χ0v) is 10.9. The maximum atomic E-state index is 12.3. The van der Waals surface area contributed by atoms with Crippen LogP contribution in [0.15, 0.2) is 6.20 Å². The molecular formula is C12H22N4O. The molecule has 1 heterocycles. The van der Waals surface area contributed by atoms with Gasteiger partial charge in [0.2, 0.25) is 0 Å². The number of nitrogens with zero attached hydrogens (tertiary/aromatic N) is 2. The summed E-state index contributed by atoms with van der Waals surface area (Å²) in [7, 11) is 0. The number of nitrogens with two attached hydrogens (primary N) is 1. The van der Waals surface area contributed by atoms with Crippen LogP contribution in [0.1, 0.15) is 50.5 Å². The quantitative estimate of drug-likeness (QED) is 0.796. The number of unbranched alkanes of at least 4 members (excludes halogenated alkanes) is 1. The highest BCUT2D eigenvalue weighted by Gasteiger charge is 2.22. The summed E-state index contributed by atoms with van der Waals surface area (Å²) in [5, 5.41) is 6.47. The number of nitrogen functional groups attached to an aromatic ring is 1. The highest BCUT2D eigenvalue weighted by Crippen LogP contribution is 2.14. The average Bonchev–Trinajstić information content (AvgIpc) is 2.75. The van der Waals surface area contributed by atoms with Crippen LogP contribution in [0.5, 0.6) is 0 Å². The summed E-state index contributed by atoms with van der Waals surface area (Å²) in [6, 6.07) is 0.219. The Morgan fingerprint density at radius 1 is 1.59 bits per heavy atom. The molecule has 0 saturated heterocycles. The van der Waals surface area contributed by atoms with Gasteiger partial charge < -0.3 is 10.6 Å². The van der Waals surface area contributed by atoms with Gasteiger partial charge in [0.15, 0.2) is 0 Å². The lowest BCUT2D eigenvalue weighted by atomic mass is 10.1. The largest absolute Gasteiger partial charge is 0.396 e. The van der Waals surface area contributed by atoms with E-state index in [4.69, 9.17) is 5.73 Å². The lowest BCUT2D eigenvalue weighted by molar-refractivity contribution is 0.0680. The first kappa shape index (κ1) is 13.5. The minimum absolute atomic E-state index is 0.0530. The number of carbonyl (C=O) groups is 1. The fourth-order valence-corrected chi connectivity index (χ4v) is 1.68. The third-order valence-corrected chi connectivity index (χ3v) is 3.02. The van der Waals surface area contributed by atoms with Crippen LogP contribution in [0.3, 0.4) is 0 Å². The summed E-state index contributed by atoms with van der Waals surface area (Å²) < 4.78 is 0. The minimum Gasteiger partial charge on any atom is -0.396 e. The van der Waals surface area contributed by atoms with E-state index in [1.807, 2.05) is 4.90 Å². The Morgan fingerprint density at radius 2 is 2.29 bits per heavy atom. The molecule has 0 aliphatic heterocycles. The Balaban J connectivity index is 2.82. The minimum atomic E-state index is -0.0530. The van der Waals surface area contributed by atoms with Gasteiger partial charge in [-0.1, -0.05) is 20.3 Å². The SMILES string of the molecule is CCCCN(C(=O)c1[nH]ncc1N)C(C)CC. The van der Waals surface area contributed by atoms with E-state index in [0.717, 1.165) is 25.8 Å². The molecule has 0 aromatic carbocycles. The molecule has 1 amide bonds. The molecule has 0 fully saturated rings. The van der Waals surface area contributed by atoms with Crippen molar-refractivity contribution in [1.82, 2.24) is 15.1 Å². The standard InChI is InChI=1S/C12H22N4O/c1-4-6-7-16(9(3)5-2)12(17)11-10(13)8-14-15-11/h8-9H,4-7,13H2,1-3H3,(H,14,15). The fraction of sp³-hybridized carbons (Fsp3) is 0.667. The summed E-state index contributed by atoms with van der Waals surface area (Å²) in [6.07, 6.45) is 4.48. The molecule has 0 spiro atoms. The number of anilines is 1. The molecule has 0 bridgehead atoms. The van der Waals surface area contributed by atoms with Crippen molar-refractivity contribution in [1.29, 1.82) is 0 Å². The van der Waals surface area contributed by atoms with Crippen molar-refractivity contribution in [3.8, 4) is 0 Å². The van der Waals surface area contributed by atoms with Gasteiger partial charge in [0.1, 0.15) is 5.69 Å². The van der Waals surface area contributed by atoms with Crippen molar-refractivity contribution in [2.75, 3.05) is 12.3 Å². The van der Waals surface area contributed by atoms with Crippen LogP contribution in [0.25, 0.3) is 0 Å². The fourth-order valence-electron chi connectivity index (χ4n) is 1.68. The second kappa shape index (κ2) is 6.27. The second-order valence-electron chi connectivity index (χ2n) is 4.31. The molecule has 5 heteroatoms. The zero-order chi connectivity index (χ0) is 12.8. The molecular weight excluding hydrogens is 216 g/mol. The monoisotopic (exact) mass is 238 g/mol. The first-order valence-electron chi connectivity index (χ1n) is 6.21. The molecule has 5 nitrogen and oxygen atoms in total. The van der Waals surface area contributed by atoms with E-state index >= 15 is 0 Å². The Labute approximate surface area is 102 Å². The number of nitrogens with one attached hydrogen (secondary N) is 1. The van der Waals surface area contributed by atoms with E-state index in [2.05, 4.69) is 31.0 Å². The van der Waals surface area contributed by atoms with E-state index in [1.54, 1.807) is 0 Å². The van der Waals surface area contributed by atoms with Gasteiger partial charge in [-0.25, -0.2) is 0 Å². The van der Waals surface area contributed by atoms with E-state index in [0.29, 0.717) is 11.4 Å². The van der Waals surface area contributed by atoms with Gasteiger partial charge in [0.25, 0.3) is 5.91 Å². The van der Waals surface area contributed by atoms with Gasteiger partial charge >= 0.3 is 0 Å². The molecule has 0 aliphatic carbocycles. The molecule has 96 valence electrons. The number of hydrogen-bond donors (Lipinski definition) is 2. The number of aromatic nitrogens is 2. The molecule has 1 aromatic heterocycles. The van der Waals surface area contributed by atoms with E-state index in [9.17, 15) is 4.79 Å². The van der Waals surface area contributed by atoms with Crippen LogP contribution < -0.4 is 5.73 Å². The number of H-pyrrole nitrogens is 1. The molecule has 1 rings (SSSR count). The summed E-state index contributed by atoms with van der Waals surface area (Å²) in [5.74, 6) is -0.0530. The first-order chi connectivity index (χ1) is 8.11.